The number of quaternary nitrogens is 1. The van der Waals surface area contributed by atoms with E-state index in [0.29, 0.717) is 12.4 Å². The van der Waals surface area contributed by atoms with Crippen molar-refractivity contribution in [1.29, 1.82) is 0 Å². The molecule has 0 spiro atoms. The van der Waals surface area contributed by atoms with E-state index >= 15 is 0 Å². The molecule has 0 aromatic heterocycles. The van der Waals surface area contributed by atoms with Gasteiger partial charge in [0.15, 0.2) is 5.75 Å². The van der Waals surface area contributed by atoms with Gasteiger partial charge in [-0.3, -0.25) is 10.1 Å². The molecule has 0 atom stereocenters. The molecule has 0 bridgehead atoms. The van der Waals surface area contributed by atoms with Crippen molar-refractivity contribution in [3.63, 3.8) is 0 Å². The van der Waals surface area contributed by atoms with Crippen molar-refractivity contribution in [2.45, 2.75) is 20.3 Å². The Kier molecular flexibility index (Phi) is 6.14. The van der Waals surface area contributed by atoms with Gasteiger partial charge in [0.2, 0.25) is 0 Å². The third kappa shape index (κ3) is 4.33. The van der Waals surface area contributed by atoms with Crippen molar-refractivity contribution in [3.05, 3.63) is 34.4 Å². The highest BCUT2D eigenvalue weighted by molar-refractivity contribution is 5.45. The van der Waals surface area contributed by atoms with Gasteiger partial charge in [-0.05, 0) is 19.9 Å². The molecular formula is C13H21N2O3+. The minimum absolute atomic E-state index is 0.0349. The highest BCUT2D eigenvalue weighted by Gasteiger charge is 2.13. The van der Waals surface area contributed by atoms with Crippen LogP contribution in [0, 0.1) is 10.1 Å². The molecule has 1 N–H and O–H groups in total. The standard InChI is InChI=1S/C13H20N2O3/c1-3-14(4-2)10-7-11-18-13-9-6-5-8-12(13)15(16)17/h5-6,8-9H,3-4,7,10-11H2,1-2H3/p+1. The summed E-state index contributed by atoms with van der Waals surface area (Å²) in [7, 11) is 0. The molecule has 0 radical (unpaired) electrons. The fourth-order valence-corrected chi connectivity index (χ4v) is 1.84. The average Bonchev–Trinajstić information content (AvgIpc) is 2.39. The first kappa shape index (κ1) is 14.4. The van der Waals surface area contributed by atoms with Gasteiger partial charge in [-0.25, -0.2) is 0 Å². The van der Waals surface area contributed by atoms with Crippen LogP contribution in [0.4, 0.5) is 5.69 Å². The van der Waals surface area contributed by atoms with E-state index in [2.05, 4.69) is 13.8 Å². The van der Waals surface area contributed by atoms with Gasteiger partial charge in [0.25, 0.3) is 0 Å². The summed E-state index contributed by atoms with van der Waals surface area (Å²) in [6.45, 7) is 8.06. The molecular weight excluding hydrogens is 232 g/mol. The molecule has 0 saturated carbocycles. The van der Waals surface area contributed by atoms with Crippen LogP contribution in [0.3, 0.4) is 0 Å². The number of nitrogens with zero attached hydrogens (tertiary/aromatic N) is 1. The Bertz CT molecular complexity index is 378. The SMILES string of the molecule is CC[NH+](CC)CCCOc1ccccc1[N+](=O)[O-]. The maximum absolute atomic E-state index is 10.8. The number of nitro groups is 1. The van der Waals surface area contributed by atoms with Crippen LogP contribution in [0.5, 0.6) is 5.75 Å². The molecule has 1 aromatic rings. The maximum Gasteiger partial charge on any atom is 0.310 e. The van der Waals surface area contributed by atoms with Crippen molar-refractivity contribution in [1.82, 2.24) is 0 Å². The number of para-hydroxylation sites is 2. The molecule has 1 rings (SSSR count). The lowest BCUT2D eigenvalue weighted by molar-refractivity contribution is -0.896. The quantitative estimate of drug-likeness (QED) is 0.431. The van der Waals surface area contributed by atoms with Gasteiger partial charge < -0.3 is 9.64 Å². The summed E-state index contributed by atoms with van der Waals surface area (Å²) in [5.41, 5.74) is 0.0349. The van der Waals surface area contributed by atoms with E-state index in [1.165, 1.54) is 11.0 Å². The summed E-state index contributed by atoms with van der Waals surface area (Å²) in [5, 5.41) is 10.8. The molecule has 0 aliphatic carbocycles. The summed E-state index contributed by atoms with van der Waals surface area (Å²) < 4.78 is 5.48. The van der Waals surface area contributed by atoms with Crippen LogP contribution in [-0.4, -0.2) is 31.2 Å². The first-order valence-corrected chi connectivity index (χ1v) is 6.38. The van der Waals surface area contributed by atoms with E-state index in [1.54, 1.807) is 18.2 Å². The Morgan fingerprint density at radius 3 is 2.56 bits per heavy atom. The van der Waals surface area contributed by atoms with Gasteiger partial charge in [-0.1, -0.05) is 12.1 Å². The zero-order valence-corrected chi connectivity index (χ0v) is 11.0. The van der Waals surface area contributed by atoms with Gasteiger partial charge >= 0.3 is 5.69 Å². The van der Waals surface area contributed by atoms with Gasteiger partial charge in [0, 0.05) is 12.5 Å². The van der Waals surface area contributed by atoms with Crippen LogP contribution in [0.15, 0.2) is 24.3 Å². The van der Waals surface area contributed by atoms with Crippen LogP contribution in [0.2, 0.25) is 0 Å². The molecule has 0 aliphatic rings. The predicted octanol–water partition coefficient (Wildman–Crippen LogP) is 1.29. The number of rotatable bonds is 8. The highest BCUT2D eigenvalue weighted by Crippen LogP contribution is 2.25. The Hall–Kier alpha value is -1.62. The molecule has 5 nitrogen and oxygen atoms in total. The van der Waals surface area contributed by atoms with Gasteiger partial charge in [0.05, 0.1) is 31.2 Å². The third-order valence-electron chi connectivity index (χ3n) is 2.99. The molecule has 0 aliphatic heterocycles. The summed E-state index contributed by atoms with van der Waals surface area (Å²) >= 11 is 0. The van der Waals surface area contributed by atoms with Crippen LogP contribution >= 0.6 is 0 Å². The summed E-state index contributed by atoms with van der Waals surface area (Å²) in [6.07, 6.45) is 0.906. The second-order valence-electron chi connectivity index (χ2n) is 4.13. The normalized spacial score (nSPS) is 10.6. The lowest BCUT2D eigenvalue weighted by Gasteiger charge is -2.15. The minimum Gasteiger partial charge on any atom is -0.487 e. The lowest BCUT2D eigenvalue weighted by Crippen LogP contribution is -3.11. The molecule has 0 unspecified atom stereocenters. The van der Waals surface area contributed by atoms with Crippen molar-refractivity contribution in [3.8, 4) is 5.75 Å². The first-order chi connectivity index (χ1) is 8.69. The van der Waals surface area contributed by atoms with E-state index in [1.807, 2.05) is 0 Å². The summed E-state index contributed by atoms with van der Waals surface area (Å²) in [5.74, 6) is 0.358. The Balaban J connectivity index is 2.42. The molecule has 18 heavy (non-hydrogen) atoms. The first-order valence-electron chi connectivity index (χ1n) is 6.38. The molecule has 0 fully saturated rings. The Labute approximate surface area is 108 Å². The van der Waals surface area contributed by atoms with Crippen LogP contribution in [0.1, 0.15) is 20.3 Å². The number of nitrogens with one attached hydrogen (secondary N) is 1. The molecule has 0 amide bonds. The van der Waals surface area contributed by atoms with Gasteiger partial charge in [0.1, 0.15) is 0 Å². The molecule has 1 aromatic carbocycles. The van der Waals surface area contributed by atoms with Gasteiger partial charge in [-0.15, -0.1) is 0 Å². The topological polar surface area (TPSA) is 56.8 Å². The fraction of sp³-hybridized carbons (Fsp3) is 0.538. The third-order valence-corrected chi connectivity index (χ3v) is 2.99. The average molecular weight is 253 g/mol. The number of hydrogen-bond acceptors (Lipinski definition) is 3. The number of hydrogen-bond donors (Lipinski definition) is 1. The summed E-state index contributed by atoms with van der Waals surface area (Å²) in [4.78, 5) is 11.9. The van der Waals surface area contributed by atoms with Crippen molar-refractivity contribution >= 4 is 5.69 Å². The van der Waals surface area contributed by atoms with Crippen molar-refractivity contribution in [2.24, 2.45) is 0 Å². The second-order valence-corrected chi connectivity index (χ2v) is 4.13. The van der Waals surface area contributed by atoms with Crippen LogP contribution in [-0.2, 0) is 0 Å². The lowest BCUT2D eigenvalue weighted by atomic mass is 10.3. The molecule has 5 heteroatoms. The van der Waals surface area contributed by atoms with E-state index in [9.17, 15) is 10.1 Å². The number of benzene rings is 1. The fourth-order valence-electron chi connectivity index (χ4n) is 1.84. The molecule has 0 saturated heterocycles. The van der Waals surface area contributed by atoms with Crippen LogP contribution < -0.4 is 9.64 Å². The van der Waals surface area contributed by atoms with Crippen LogP contribution in [0.25, 0.3) is 0 Å². The smallest absolute Gasteiger partial charge is 0.310 e. The highest BCUT2D eigenvalue weighted by atomic mass is 16.6. The largest absolute Gasteiger partial charge is 0.487 e. The van der Waals surface area contributed by atoms with Crippen molar-refractivity contribution < 1.29 is 14.6 Å². The van der Waals surface area contributed by atoms with E-state index in [-0.39, 0.29) is 5.69 Å². The predicted molar refractivity (Wildman–Crippen MR) is 70.1 cm³/mol. The Morgan fingerprint density at radius 1 is 1.28 bits per heavy atom. The number of ether oxygens (including phenoxy) is 1. The van der Waals surface area contributed by atoms with Crippen molar-refractivity contribution in [2.75, 3.05) is 26.2 Å². The van der Waals surface area contributed by atoms with Gasteiger partial charge in [-0.2, -0.15) is 0 Å². The molecule has 0 heterocycles. The zero-order chi connectivity index (χ0) is 13.4. The van der Waals surface area contributed by atoms with E-state index in [0.717, 1.165) is 26.1 Å². The Morgan fingerprint density at radius 2 is 1.94 bits per heavy atom. The van der Waals surface area contributed by atoms with E-state index < -0.39 is 4.92 Å². The van der Waals surface area contributed by atoms with E-state index in [4.69, 9.17) is 4.74 Å². The monoisotopic (exact) mass is 253 g/mol. The summed E-state index contributed by atoms with van der Waals surface area (Å²) in [6, 6.07) is 6.50. The maximum atomic E-state index is 10.8. The molecule has 100 valence electrons. The minimum atomic E-state index is -0.412. The zero-order valence-electron chi connectivity index (χ0n) is 11.0. The number of nitro benzene ring substituents is 1. The second kappa shape index (κ2) is 7.66.